The first kappa shape index (κ1) is 25.3. The van der Waals surface area contributed by atoms with Crippen molar-refractivity contribution in [1.82, 2.24) is 20.9 Å². The van der Waals surface area contributed by atoms with Crippen molar-refractivity contribution in [2.75, 3.05) is 13.2 Å². The molecular weight excluding hydrogens is 438 g/mol. The first-order valence-corrected chi connectivity index (χ1v) is 9.85. The van der Waals surface area contributed by atoms with Crippen LogP contribution in [0.1, 0.15) is 12.0 Å². The summed E-state index contributed by atoms with van der Waals surface area (Å²) in [5, 5.41) is 34.2. The standard InChI is InChI=1S/C20H25N5O8/c21-12(5-10-7-22-13-4-2-1-3-11(10)13)18(31)24-14(6-16(27)28)20(33)25-15(9-26)19(32)23-8-17(29)30/h1-4,7,12,14-15,22,26H,5-6,8-9,21H2,(H,23,32)(H,24,31)(H,25,33)(H,27,28)(H,29,30). The summed E-state index contributed by atoms with van der Waals surface area (Å²) in [5.41, 5.74) is 7.56. The highest BCUT2D eigenvalue weighted by Gasteiger charge is 2.29. The molecule has 9 N–H and O–H groups in total. The summed E-state index contributed by atoms with van der Waals surface area (Å²) in [6, 6.07) is 3.10. The molecule has 0 spiro atoms. The van der Waals surface area contributed by atoms with E-state index in [4.69, 9.17) is 15.9 Å². The number of benzene rings is 1. The van der Waals surface area contributed by atoms with Gasteiger partial charge in [-0.25, -0.2) is 0 Å². The Morgan fingerprint density at radius 3 is 2.24 bits per heavy atom. The smallest absolute Gasteiger partial charge is 0.322 e. The van der Waals surface area contributed by atoms with E-state index in [9.17, 15) is 29.1 Å². The summed E-state index contributed by atoms with van der Waals surface area (Å²) in [6.45, 7) is -1.63. The van der Waals surface area contributed by atoms with Gasteiger partial charge in [0.2, 0.25) is 17.7 Å². The first-order chi connectivity index (χ1) is 15.6. The van der Waals surface area contributed by atoms with Gasteiger partial charge in [-0.15, -0.1) is 0 Å². The van der Waals surface area contributed by atoms with Crippen LogP contribution in [0.25, 0.3) is 10.9 Å². The highest BCUT2D eigenvalue weighted by atomic mass is 16.4. The second-order valence-electron chi connectivity index (χ2n) is 7.18. The Kier molecular flexibility index (Phi) is 8.89. The van der Waals surface area contributed by atoms with Crippen molar-refractivity contribution in [1.29, 1.82) is 0 Å². The summed E-state index contributed by atoms with van der Waals surface area (Å²) < 4.78 is 0. The zero-order valence-electron chi connectivity index (χ0n) is 17.4. The fourth-order valence-electron chi connectivity index (χ4n) is 3.05. The zero-order valence-corrected chi connectivity index (χ0v) is 17.4. The Morgan fingerprint density at radius 1 is 0.939 bits per heavy atom. The van der Waals surface area contributed by atoms with Crippen molar-refractivity contribution >= 4 is 40.6 Å². The highest BCUT2D eigenvalue weighted by molar-refractivity contribution is 5.95. The molecule has 3 unspecified atom stereocenters. The number of aromatic amines is 1. The molecule has 0 fully saturated rings. The zero-order chi connectivity index (χ0) is 24.5. The van der Waals surface area contributed by atoms with E-state index in [0.29, 0.717) is 0 Å². The van der Waals surface area contributed by atoms with Crippen LogP contribution in [-0.4, -0.2) is 81.2 Å². The van der Waals surface area contributed by atoms with Crippen LogP contribution in [0.5, 0.6) is 0 Å². The number of rotatable bonds is 12. The van der Waals surface area contributed by atoms with Crippen molar-refractivity contribution in [2.45, 2.75) is 31.0 Å². The second-order valence-corrected chi connectivity index (χ2v) is 7.18. The topological polar surface area (TPSA) is 224 Å². The SMILES string of the molecule is NC(Cc1c[nH]c2ccccc12)C(=O)NC(CC(=O)O)C(=O)NC(CO)C(=O)NCC(=O)O. The van der Waals surface area contributed by atoms with Gasteiger partial charge >= 0.3 is 11.9 Å². The largest absolute Gasteiger partial charge is 0.481 e. The number of para-hydroxylation sites is 1. The van der Waals surface area contributed by atoms with Crippen LogP contribution in [0.15, 0.2) is 30.5 Å². The normalized spacial score (nSPS) is 13.5. The number of carboxylic acids is 2. The van der Waals surface area contributed by atoms with Crippen LogP contribution in [-0.2, 0) is 30.4 Å². The van der Waals surface area contributed by atoms with Gasteiger partial charge in [-0.05, 0) is 18.1 Å². The maximum absolute atomic E-state index is 12.6. The molecule has 13 heteroatoms. The third-order valence-corrected chi connectivity index (χ3v) is 4.69. The van der Waals surface area contributed by atoms with Crippen molar-refractivity contribution in [2.24, 2.45) is 5.73 Å². The number of aliphatic hydroxyl groups is 1. The van der Waals surface area contributed by atoms with E-state index in [2.05, 4.69) is 15.6 Å². The van der Waals surface area contributed by atoms with Gasteiger partial charge in [0.1, 0.15) is 18.6 Å². The number of nitrogens with one attached hydrogen (secondary N) is 4. The van der Waals surface area contributed by atoms with E-state index in [1.54, 1.807) is 6.20 Å². The minimum Gasteiger partial charge on any atom is -0.481 e. The second kappa shape index (κ2) is 11.6. The van der Waals surface area contributed by atoms with Gasteiger partial charge in [0.15, 0.2) is 0 Å². The van der Waals surface area contributed by atoms with Crippen molar-refractivity contribution in [3.05, 3.63) is 36.0 Å². The summed E-state index contributed by atoms with van der Waals surface area (Å²) in [5.74, 6) is -5.60. The molecule has 0 aliphatic carbocycles. The molecule has 2 rings (SSSR count). The minimum atomic E-state index is -1.59. The van der Waals surface area contributed by atoms with E-state index in [0.717, 1.165) is 16.5 Å². The predicted octanol–water partition coefficient (Wildman–Crippen LogP) is -2.32. The molecular formula is C20H25N5O8. The third kappa shape index (κ3) is 7.29. The van der Waals surface area contributed by atoms with E-state index < -0.39 is 67.4 Å². The molecule has 0 saturated carbocycles. The number of hydrogen-bond donors (Lipinski definition) is 8. The number of carboxylic acid groups (broad SMARTS) is 2. The van der Waals surface area contributed by atoms with E-state index >= 15 is 0 Å². The van der Waals surface area contributed by atoms with E-state index in [1.807, 2.05) is 29.6 Å². The molecule has 178 valence electrons. The Hall–Kier alpha value is -3.97. The van der Waals surface area contributed by atoms with Gasteiger partial charge in [0, 0.05) is 17.1 Å². The predicted molar refractivity (Wildman–Crippen MR) is 114 cm³/mol. The van der Waals surface area contributed by atoms with Gasteiger partial charge in [-0.1, -0.05) is 18.2 Å². The molecule has 0 aliphatic heterocycles. The Morgan fingerprint density at radius 2 is 1.61 bits per heavy atom. The van der Waals surface area contributed by atoms with Gasteiger partial charge in [-0.3, -0.25) is 24.0 Å². The molecule has 2 aromatic rings. The average molecular weight is 463 g/mol. The number of aromatic nitrogens is 1. The molecule has 0 bridgehead atoms. The quantitative estimate of drug-likeness (QED) is 0.169. The monoisotopic (exact) mass is 463 g/mol. The number of aliphatic carboxylic acids is 2. The van der Waals surface area contributed by atoms with Crippen molar-refractivity contribution in [3.63, 3.8) is 0 Å². The summed E-state index contributed by atoms with van der Waals surface area (Å²) in [4.78, 5) is 61.7. The molecule has 1 aromatic carbocycles. The molecule has 13 nitrogen and oxygen atoms in total. The van der Waals surface area contributed by atoms with Crippen molar-refractivity contribution < 1.29 is 39.3 Å². The number of carbonyl (C=O) groups is 5. The minimum absolute atomic E-state index is 0.105. The van der Waals surface area contributed by atoms with E-state index in [-0.39, 0.29) is 6.42 Å². The van der Waals surface area contributed by atoms with Crippen LogP contribution in [0, 0.1) is 0 Å². The van der Waals surface area contributed by atoms with Crippen LogP contribution < -0.4 is 21.7 Å². The molecule has 1 aromatic heterocycles. The molecule has 0 aliphatic rings. The van der Waals surface area contributed by atoms with Gasteiger partial charge in [0.05, 0.1) is 19.1 Å². The Bertz CT molecular complexity index is 1040. The van der Waals surface area contributed by atoms with E-state index in [1.165, 1.54) is 0 Å². The Balaban J connectivity index is 2.04. The number of amides is 3. The first-order valence-electron chi connectivity index (χ1n) is 9.85. The van der Waals surface area contributed by atoms with Crippen LogP contribution in [0.3, 0.4) is 0 Å². The number of carbonyl (C=O) groups excluding carboxylic acids is 3. The maximum atomic E-state index is 12.6. The lowest BCUT2D eigenvalue weighted by molar-refractivity contribution is -0.141. The number of H-pyrrole nitrogens is 1. The summed E-state index contributed by atoms with van der Waals surface area (Å²) >= 11 is 0. The van der Waals surface area contributed by atoms with Crippen LogP contribution in [0.4, 0.5) is 0 Å². The van der Waals surface area contributed by atoms with Crippen LogP contribution in [0.2, 0.25) is 0 Å². The van der Waals surface area contributed by atoms with Gasteiger partial charge in [0.25, 0.3) is 0 Å². The lowest BCUT2D eigenvalue weighted by Crippen LogP contribution is -2.57. The molecule has 0 radical (unpaired) electrons. The molecule has 3 atom stereocenters. The fraction of sp³-hybridized carbons (Fsp3) is 0.350. The van der Waals surface area contributed by atoms with Crippen molar-refractivity contribution in [3.8, 4) is 0 Å². The summed E-state index contributed by atoms with van der Waals surface area (Å²) in [7, 11) is 0. The average Bonchev–Trinajstić information content (AvgIpc) is 3.17. The Labute approximate surface area is 187 Å². The van der Waals surface area contributed by atoms with Crippen LogP contribution >= 0.6 is 0 Å². The number of aliphatic hydroxyl groups excluding tert-OH is 1. The summed E-state index contributed by atoms with van der Waals surface area (Å²) in [6.07, 6.45) is 0.987. The molecule has 33 heavy (non-hydrogen) atoms. The van der Waals surface area contributed by atoms with Gasteiger partial charge < -0.3 is 42.0 Å². The number of fused-ring (bicyclic) bond motifs is 1. The lowest BCUT2D eigenvalue weighted by atomic mass is 10.0. The number of hydrogen-bond acceptors (Lipinski definition) is 7. The third-order valence-electron chi connectivity index (χ3n) is 4.69. The van der Waals surface area contributed by atoms with Gasteiger partial charge in [-0.2, -0.15) is 0 Å². The highest BCUT2D eigenvalue weighted by Crippen LogP contribution is 2.18. The maximum Gasteiger partial charge on any atom is 0.322 e. The number of nitrogens with two attached hydrogens (primary N) is 1. The molecule has 1 heterocycles. The molecule has 3 amide bonds. The fourth-order valence-corrected chi connectivity index (χ4v) is 3.05. The lowest BCUT2D eigenvalue weighted by Gasteiger charge is -2.22. The molecule has 0 saturated heterocycles.